The second-order valence-electron chi connectivity index (χ2n) is 16.7. The molecule has 2 aromatic carbocycles. The smallest absolute Gasteiger partial charge is 0.407 e. The van der Waals surface area contributed by atoms with Crippen LogP contribution in [0.2, 0.25) is 0 Å². The molecule has 4 bridgehead atoms. The summed E-state index contributed by atoms with van der Waals surface area (Å²) >= 11 is 0. The Hall–Kier alpha value is -5.44. The van der Waals surface area contributed by atoms with Crippen molar-refractivity contribution in [3.63, 3.8) is 0 Å². The van der Waals surface area contributed by atoms with Crippen LogP contribution in [0.5, 0.6) is 11.5 Å². The van der Waals surface area contributed by atoms with Crippen LogP contribution in [-0.4, -0.2) is 91.4 Å². The first-order valence-corrected chi connectivity index (χ1v) is 21.3. The molecule has 15 heteroatoms. The van der Waals surface area contributed by atoms with Gasteiger partial charge in [0.05, 0.1) is 36.7 Å². The zero-order valence-electron chi connectivity index (χ0n) is 33.3. The summed E-state index contributed by atoms with van der Waals surface area (Å²) in [5, 5.41) is 5.67. The lowest BCUT2D eigenvalue weighted by molar-refractivity contribution is -0.142. The van der Waals surface area contributed by atoms with Gasteiger partial charge in [-0.15, -0.1) is 6.58 Å². The molecule has 3 fully saturated rings. The lowest BCUT2D eigenvalue weighted by Gasteiger charge is -2.35. The van der Waals surface area contributed by atoms with Crippen molar-refractivity contribution in [3.05, 3.63) is 72.8 Å². The molecular formula is C43H51N5O9S. The Balaban J connectivity index is 1.29. The number of fused-ring (bicyclic) bond motifs is 3. The van der Waals surface area contributed by atoms with Gasteiger partial charge in [-0.3, -0.25) is 19.1 Å². The largest absolute Gasteiger partial charge is 0.496 e. The number of cyclic esters (lactones) is 1. The maximum Gasteiger partial charge on any atom is 0.407 e. The Labute approximate surface area is 338 Å². The molecule has 0 spiro atoms. The first-order chi connectivity index (χ1) is 27.6. The fraction of sp³-hybridized carbons (Fsp3) is 0.465. The zero-order valence-corrected chi connectivity index (χ0v) is 34.1. The molecule has 58 heavy (non-hydrogen) atoms. The molecule has 1 saturated heterocycles. The Morgan fingerprint density at radius 1 is 1.14 bits per heavy atom. The number of carbonyl (C=O) groups excluding carboxylic acids is 4. The normalized spacial score (nSPS) is 25.7. The quantitative estimate of drug-likeness (QED) is 0.241. The van der Waals surface area contributed by atoms with Crippen molar-refractivity contribution in [1.29, 1.82) is 0 Å². The van der Waals surface area contributed by atoms with E-state index in [2.05, 4.69) is 21.9 Å². The lowest BCUT2D eigenvalue weighted by Crippen LogP contribution is -2.60. The third kappa shape index (κ3) is 8.54. The monoisotopic (exact) mass is 813 g/mol. The summed E-state index contributed by atoms with van der Waals surface area (Å²) in [4.78, 5) is 62.5. The number of aromatic nitrogens is 1. The van der Waals surface area contributed by atoms with E-state index in [1.165, 1.54) is 4.90 Å². The van der Waals surface area contributed by atoms with Crippen LogP contribution in [0.15, 0.2) is 67.3 Å². The molecule has 4 amide bonds. The summed E-state index contributed by atoms with van der Waals surface area (Å²) < 4.78 is 46.0. The van der Waals surface area contributed by atoms with Gasteiger partial charge in [-0.25, -0.2) is 18.2 Å². The van der Waals surface area contributed by atoms with Crippen molar-refractivity contribution in [1.82, 2.24) is 25.2 Å². The highest BCUT2D eigenvalue weighted by Gasteiger charge is 2.62. The number of sulfonamides is 1. The van der Waals surface area contributed by atoms with Gasteiger partial charge in [0, 0.05) is 35.1 Å². The molecule has 3 aromatic rings. The van der Waals surface area contributed by atoms with Gasteiger partial charge in [0.15, 0.2) is 0 Å². The minimum absolute atomic E-state index is 0.0243. The third-order valence-corrected chi connectivity index (χ3v) is 13.1. The zero-order chi connectivity index (χ0) is 41.4. The number of ether oxygens (including phenoxy) is 3. The molecule has 308 valence electrons. The van der Waals surface area contributed by atoms with Crippen LogP contribution in [0.3, 0.4) is 0 Å². The molecule has 3 heterocycles. The summed E-state index contributed by atoms with van der Waals surface area (Å²) in [6, 6.07) is 13.0. The number of nitrogens with one attached hydrogen (secondary N) is 3. The van der Waals surface area contributed by atoms with E-state index in [9.17, 15) is 27.6 Å². The van der Waals surface area contributed by atoms with Crippen molar-refractivity contribution in [3.8, 4) is 22.8 Å². The number of pyridine rings is 1. The SMILES string of the molecule is C=CC[C@@H]1C[C@]1(NC(=O)[C@@H]1C[C@@H]2CN1C(=O)[C@H](C(C)(C)C)NC(=O)OCCC/C=C/c1cc3c(cc(-c4ccccc4)nc3cc1OC)O2)C(=O)NS(=O)(=O)C1CC1. The van der Waals surface area contributed by atoms with Crippen LogP contribution >= 0.6 is 0 Å². The third-order valence-electron chi connectivity index (χ3n) is 11.3. The van der Waals surface area contributed by atoms with Crippen LogP contribution in [0.4, 0.5) is 4.79 Å². The number of nitrogens with zero attached hydrogens (tertiary/aromatic N) is 2. The first-order valence-electron chi connectivity index (χ1n) is 19.8. The van der Waals surface area contributed by atoms with E-state index in [0.717, 1.165) is 11.1 Å². The second kappa shape index (κ2) is 16.1. The lowest BCUT2D eigenvalue weighted by atomic mass is 9.85. The maximum absolute atomic E-state index is 14.7. The van der Waals surface area contributed by atoms with Crippen LogP contribution < -0.4 is 24.8 Å². The summed E-state index contributed by atoms with van der Waals surface area (Å²) in [6.45, 7) is 9.25. The number of hydrogen-bond donors (Lipinski definition) is 3. The van der Waals surface area contributed by atoms with Crippen LogP contribution in [-0.2, 0) is 29.1 Å². The van der Waals surface area contributed by atoms with Crippen molar-refractivity contribution in [2.24, 2.45) is 11.3 Å². The van der Waals surface area contributed by atoms with E-state index >= 15 is 0 Å². The summed E-state index contributed by atoms with van der Waals surface area (Å²) in [7, 11) is -2.33. The van der Waals surface area contributed by atoms with Crippen molar-refractivity contribution < 1.29 is 41.8 Å². The maximum atomic E-state index is 14.7. The van der Waals surface area contributed by atoms with E-state index in [4.69, 9.17) is 19.2 Å². The minimum Gasteiger partial charge on any atom is -0.496 e. The molecule has 7 rings (SSSR count). The van der Waals surface area contributed by atoms with Crippen LogP contribution in [0.25, 0.3) is 28.2 Å². The van der Waals surface area contributed by atoms with E-state index < -0.39 is 74.1 Å². The van der Waals surface area contributed by atoms with Gasteiger partial charge in [0.2, 0.25) is 21.8 Å². The van der Waals surface area contributed by atoms with Crippen molar-refractivity contribution in [2.45, 2.75) is 94.7 Å². The molecule has 4 aliphatic rings. The standard InChI is InChI=1S/C43H51N5O9S/c1-6-13-28-24-43(28,40(51)47-58(53,54)30-17-18-30)46-38(49)34-21-29-25-48(34)39(50)37(42(2,3)4)45-41(52)56-19-12-8-11-16-27-20-31-33(23-35(27)55-5)44-32(22-36(31)57-29)26-14-9-7-10-15-26/h6-7,9-11,14-16,20,22-23,28-30,34,37H,1,8,12-13,17-19,21,24-25H2,2-5H3,(H,45,52)(H,46,49)(H,47,51)/b16-11+/t28-,29-,34+,37-,43-/m1/s1. The summed E-state index contributed by atoms with van der Waals surface area (Å²) in [6.07, 6.45) is 6.62. The molecule has 2 aliphatic carbocycles. The number of rotatable bonds is 9. The highest BCUT2D eigenvalue weighted by Crippen LogP contribution is 2.47. The second-order valence-corrected chi connectivity index (χ2v) is 18.6. The van der Waals surface area contributed by atoms with E-state index in [1.807, 2.05) is 60.7 Å². The van der Waals surface area contributed by atoms with Gasteiger partial charge in [0.1, 0.15) is 35.2 Å². The van der Waals surface area contributed by atoms with Gasteiger partial charge in [0.25, 0.3) is 5.91 Å². The molecule has 2 aliphatic heterocycles. The Kier molecular flexibility index (Phi) is 11.3. The van der Waals surface area contributed by atoms with Crippen LogP contribution in [0.1, 0.15) is 71.3 Å². The van der Waals surface area contributed by atoms with E-state index in [1.54, 1.807) is 34.0 Å². The average Bonchev–Trinajstić information content (AvgIpc) is 4.11. The fourth-order valence-electron chi connectivity index (χ4n) is 7.79. The Morgan fingerprint density at radius 2 is 1.90 bits per heavy atom. The number of allylic oxidation sites excluding steroid dienone is 2. The Morgan fingerprint density at radius 3 is 2.59 bits per heavy atom. The van der Waals surface area contributed by atoms with Gasteiger partial charge < -0.3 is 29.7 Å². The number of amides is 4. The number of benzene rings is 2. The van der Waals surface area contributed by atoms with Gasteiger partial charge in [-0.1, -0.05) is 69.3 Å². The highest BCUT2D eigenvalue weighted by atomic mass is 32.2. The van der Waals surface area contributed by atoms with E-state index in [0.29, 0.717) is 60.2 Å². The molecule has 1 aromatic heterocycles. The Bertz CT molecular complexity index is 2250. The molecule has 0 unspecified atom stereocenters. The highest BCUT2D eigenvalue weighted by molar-refractivity contribution is 7.91. The average molecular weight is 814 g/mol. The molecule has 0 radical (unpaired) electrons. The van der Waals surface area contributed by atoms with Crippen LogP contribution in [0, 0.1) is 11.3 Å². The molecule has 3 N–H and O–H groups in total. The first kappa shape index (κ1) is 40.7. The molecular weight excluding hydrogens is 763 g/mol. The van der Waals surface area contributed by atoms with Gasteiger partial charge in [-0.05, 0) is 55.9 Å². The summed E-state index contributed by atoms with van der Waals surface area (Å²) in [5.41, 5.74) is 0.540. The van der Waals surface area contributed by atoms with Crippen molar-refractivity contribution >= 4 is 50.8 Å². The molecule has 14 nitrogen and oxygen atoms in total. The number of carbonyl (C=O) groups is 4. The summed E-state index contributed by atoms with van der Waals surface area (Å²) in [5.74, 6) is -1.32. The number of alkyl carbamates (subject to hydrolysis) is 1. The predicted molar refractivity (Wildman–Crippen MR) is 218 cm³/mol. The fourth-order valence-corrected chi connectivity index (χ4v) is 9.16. The van der Waals surface area contributed by atoms with Gasteiger partial charge in [-0.2, -0.15) is 0 Å². The predicted octanol–water partition coefficient (Wildman–Crippen LogP) is 5.27. The van der Waals surface area contributed by atoms with Gasteiger partial charge >= 0.3 is 6.09 Å². The minimum atomic E-state index is -3.91. The number of methoxy groups -OCH3 is 1. The topological polar surface area (TPSA) is 182 Å². The van der Waals surface area contributed by atoms with E-state index in [-0.39, 0.29) is 26.0 Å². The molecule has 5 atom stereocenters. The number of hydrogen-bond acceptors (Lipinski definition) is 10. The van der Waals surface area contributed by atoms with Crippen molar-refractivity contribution in [2.75, 3.05) is 20.3 Å². The molecule has 2 saturated carbocycles.